The molecule has 3 N–H and O–H groups in total. The molecular weight excluding hydrogens is 302 g/mol. The quantitative estimate of drug-likeness (QED) is 0.788. The molecule has 1 aliphatic rings. The topological polar surface area (TPSA) is 62.4 Å². The van der Waals surface area contributed by atoms with Crippen LogP contribution in [-0.4, -0.2) is 18.1 Å². The van der Waals surface area contributed by atoms with Crippen molar-refractivity contribution in [1.82, 2.24) is 0 Å². The fourth-order valence-electron chi connectivity index (χ4n) is 2.62. The molecular formula is C19H23N3O2. The van der Waals surface area contributed by atoms with Gasteiger partial charge in [0.2, 0.25) is 0 Å². The number of rotatable bonds is 3. The minimum atomic E-state index is -0.124. The highest BCUT2D eigenvalue weighted by atomic mass is 16.5. The lowest BCUT2D eigenvalue weighted by molar-refractivity contribution is -0.118. The van der Waals surface area contributed by atoms with E-state index in [0.717, 1.165) is 22.6 Å². The van der Waals surface area contributed by atoms with Crippen molar-refractivity contribution in [3.8, 4) is 5.75 Å². The number of amides is 1. The van der Waals surface area contributed by atoms with E-state index in [4.69, 9.17) is 4.74 Å². The van der Waals surface area contributed by atoms with Gasteiger partial charge in [-0.2, -0.15) is 0 Å². The summed E-state index contributed by atoms with van der Waals surface area (Å²) in [5.41, 5.74) is 4.94. The molecule has 0 aromatic heterocycles. The summed E-state index contributed by atoms with van der Waals surface area (Å²) in [7, 11) is 0. The summed E-state index contributed by atoms with van der Waals surface area (Å²) < 4.78 is 5.46. The van der Waals surface area contributed by atoms with Crippen molar-refractivity contribution in [1.29, 1.82) is 0 Å². The van der Waals surface area contributed by atoms with Crippen molar-refractivity contribution in [2.75, 3.05) is 22.6 Å². The molecule has 5 nitrogen and oxygen atoms in total. The molecule has 2 aromatic rings. The van der Waals surface area contributed by atoms with Crippen LogP contribution in [0, 0.1) is 6.92 Å². The van der Waals surface area contributed by atoms with E-state index in [9.17, 15) is 4.79 Å². The van der Waals surface area contributed by atoms with Gasteiger partial charge < -0.3 is 20.7 Å². The maximum absolute atomic E-state index is 11.3. The maximum atomic E-state index is 11.3. The number of anilines is 4. The van der Waals surface area contributed by atoms with Crippen LogP contribution in [-0.2, 0) is 4.79 Å². The van der Waals surface area contributed by atoms with Crippen LogP contribution in [0.5, 0.6) is 5.75 Å². The lowest BCUT2D eigenvalue weighted by atomic mass is 10.1. The first-order chi connectivity index (χ1) is 11.3. The monoisotopic (exact) mass is 325 g/mol. The standard InChI is InChI=1S/C19H23N3O2/c1-12-9-14(22-19(2,3)4)6-7-15(12)20-13-5-8-16-17(10-13)24-11-18(23)21-16/h5-10,20,22H,11H2,1-4H3,(H,21,23). The van der Waals surface area contributed by atoms with Crippen molar-refractivity contribution in [3.05, 3.63) is 42.0 Å². The molecule has 0 spiro atoms. The van der Waals surface area contributed by atoms with Crippen molar-refractivity contribution >= 4 is 28.7 Å². The van der Waals surface area contributed by atoms with E-state index in [-0.39, 0.29) is 18.1 Å². The highest BCUT2D eigenvalue weighted by molar-refractivity contribution is 5.95. The molecule has 1 heterocycles. The van der Waals surface area contributed by atoms with Crippen LogP contribution >= 0.6 is 0 Å². The van der Waals surface area contributed by atoms with E-state index in [1.807, 2.05) is 18.2 Å². The first kappa shape index (κ1) is 16.2. The van der Waals surface area contributed by atoms with Gasteiger partial charge in [-0.05, 0) is 63.6 Å². The Bertz CT molecular complexity index is 779. The van der Waals surface area contributed by atoms with E-state index in [2.05, 4.69) is 61.8 Å². The minimum absolute atomic E-state index is 0.0294. The molecule has 0 aliphatic carbocycles. The number of hydrogen-bond donors (Lipinski definition) is 3. The van der Waals surface area contributed by atoms with Gasteiger partial charge in [-0.3, -0.25) is 4.79 Å². The smallest absolute Gasteiger partial charge is 0.262 e. The van der Waals surface area contributed by atoms with Gasteiger partial charge in [-0.25, -0.2) is 0 Å². The first-order valence-electron chi connectivity index (χ1n) is 8.03. The Morgan fingerprint density at radius 3 is 2.54 bits per heavy atom. The van der Waals surface area contributed by atoms with Gasteiger partial charge in [0.15, 0.2) is 6.61 Å². The summed E-state index contributed by atoms with van der Waals surface area (Å²) in [5.74, 6) is 0.560. The predicted octanol–water partition coefficient (Wildman–Crippen LogP) is 4.28. The van der Waals surface area contributed by atoms with Crippen molar-refractivity contribution in [3.63, 3.8) is 0 Å². The Balaban J connectivity index is 1.78. The second-order valence-corrected chi connectivity index (χ2v) is 7.08. The molecule has 1 aliphatic heterocycles. The van der Waals surface area contributed by atoms with E-state index < -0.39 is 0 Å². The maximum Gasteiger partial charge on any atom is 0.262 e. The molecule has 0 saturated carbocycles. The third-order valence-electron chi connectivity index (χ3n) is 3.64. The summed E-state index contributed by atoms with van der Waals surface area (Å²) in [5, 5.41) is 9.66. The second kappa shape index (κ2) is 6.07. The lowest BCUT2D eigenvalue weighted by Crippen LogP contribution is -2.26. The van der Waals surface area contributed by atoms with Crippen molar-refractivity contribution in [2.45, 2.75) is 33.2 Å². The third kappa shape index (κ3) is 3.79. The molecule has 2 aromatic carbocycles. The minimum Gasteiger partial charge on any atom is -0.482 e. The fraction of sp³-hybridized carbons (Fsp3) is 0.316. The molecule has 126 valence electrons. The van der Waals surface area contributed by atoms with E-state index in [0.29, 0.717) is 11.4 Å². The normalized spacial score (nSPS) is 13.6. The zero-order chi connectivity index (χ0) is 17.3. The Labute approximate surface area is 142 Å². The molecule has 3 rings (SSSR count). The molecule has 1 amide bonds. The van der Waals surface area contributed by atoms with Gasteiger partial charge in [0.25, 0.3) is 5.91 Å². The van der Waals surface area contributed by atoms with Gasteiger partial charge >= 0.3 is 0 Å². The number of nitrogens with one attached hydrogen (secondary N) is 3. The Hall–Kier alpha value is -2.69. The van der Waals surface area contributed by atoms with Gasteiger partial charge in [-0.1, -0.05) is 0 Å². The van der Waals surface area contributed by atoms with Crippen LogP contribution in [0.4, 0.5) is 22.7 Å². The number of fused-ring (bicyclic) bond motifs is 1. The Kier molecular flexibility index (Phi) is 4.09. The summed E-state index contributed by atoms with van der Waals surface area (Å²) >= 11 is 0. The molecule has 0 unspecified atom stereocenters. The first-order valence-corrected chi connectivity index (χ1v) is 8.03. The number of benzene rings is 2. The zero-order valence-electron chi connectivity index (χ0n) is 14.5. The largest absolute Gasteiger partial charge is 0.482 e. The molecule has 0 bridgehead atoms. The summed E-state index contributed by atoms with van der Waals surface area (Å²) in [6.45, 7) is 8.55. The van der Waals surface area contributed by atoms with Crippen LogP contribution < -0.4 is 20.7 Å². The SMILES string of the molecule is Cc1cc(NC(C)(C)C)ccc1Nc1ccc2c(c1)OCC(=O)N2. The number of hydrogen-bond acceptors (Lipinski definition) is 4. The lowest BCUT2D eigenvalue weighted by Gasteiger charge is -2.23. The van der Waals surface area contributed by atoms with Crippen LogP contribution in [0.15, 0.2) is 36.4 Å². The molecule has 0 fully saturated rings. The van der Waals surface area contributed by atoms with Crippen molar-refractivity contribution in [2.24, 2.45) is 0 Å². The summed E-state index contributed by atoms with van der Waals surface area (Å²) in [6.07, 6.45) is 0. The average molecular weight is 325 g/mol. The Morgan fingerprint density at radius 2 is 1.83 bits per heavy atom. The van der Waals surface area contributed by atoms with Crippen molar-refractivity contribution < 1.29 is 9.53 Å². The number of aryl methyl sites for hydroxylation is 1. The van der Waals surface area contributed by atoms with Gasteiger partial charge in [-0.15, -0.1) is 0 Å². The van der Waals surface area contributed by atoms with Gasteiger partial charge in [0, 0.05) is 28.7 Å². The predicted molar refractivity (Wildman–Crippen MR) is 98.4 cm³/mol. The second-order valence-electron chi connectivity index (χ2n) is 7.08. The fourth-order valence-corrected chi connectivity index (χ4v) is 2.62. The molecule has 24 heavy (non-hydrogen) atoms. The molecule has 0 radical (unpaired) electrons. The van der Waals surface area contributed by atoms with Crippen LogP contribution in [0.1, 0.15) is 26.3 Å². The molecule has 0 saturated heterocycles. The van der Waals surface area contributed by atoms with E-state index in [1.165, 1.54) is 0 Å². The summed E-state index contributed by atoms with van der Waals surface area (Å²) in [6, 6.07) is 11.9. The number of carbonyl (C=O) groups is 1. The van der Waals surface area contributed by atoms with Gasteiger partial charge in [0.1, 0.15) is 5.75 Å². The third-order valence-corrected chi connectivity index (χ3v) is 3.64. The summed E-state index contributed by atoms with van der Waals surface area (Å²) in [4.78, 5) is 11.3. The number of carbonyl (C=O) groups excluding carboxylic acids is 1. The van der Waals surface area contributed by atoms with E-state index >= 15 is 0 Å². The van der Waals surface area contributed by atoms with Gasteiger partial charge in [0.05, 0.1) is 5.69 Å². The average Bonchev–Trinajstić information content (AvgIpc) is 2.48. The Morgan fingerprint density at radius 1 is 1.08 bits per heavy atom. The zero-order valence-corrected chi connectivity index (χ0v) is 14.5. The highest BCUT2D eigenvalue weighted by Crippen LogP contribution is 2.32. The highest BCUT2D eigenvalue weighted by Gasteiger charge is 2.16. The van der Waals surface area contributed by atoms with Crippen LogP contribution in [0.25, 0.3) is 0 Å². The molecule has 5 heteroatoms. The number of ether oxygens (including phenoxy) is 1. The van der Waals surface area contributed by atoms with E-state index in [1.54, 1.807) is 0 Å². The van der Waals surface area contributed by atoms with Crippen LogP contribution in [0.3, 0.4) is 0 Å². The van der Waals surface area contributed by atoms with Crippen LogP contribution in [0.2, 0.25) is 0 Å². The molecule has 0 atom stereocenters.